The first kappa shape index (κ1) is 34.7. The molecule has 1 aromatic heterocycles. The van der Waals surface area contributed by atoms with Crippen LogP contribution in [0.2, 0.25) is 0 Å². The molecule has 6 amide bonds. The summed E-state index contributed by atoms with van der Waals surface area (Å²) in [5.74, 6) is -4.93. The molecule has 2 rings (SSSR count). The average molecular weight is 602 g/mol. The molecule has 236 valence electrons. The maximum atomic E-state index is 13.7. The molecule has 9 N–H and O–H groups in total. The van der Waals surface area contributed by atoms with Gasteiger partial charge < -0.3 is 32.0 Å². The summed E-state index contributed by atoms with van der Waals surface area (Å²) in [4.78, 5) is 79.1. The number of carbonyl (C=O) groups excluding carboxylic acids is 6. The largest absolute Gasteiger partial charge is 0.368 e. The Bertz CT molecular complexity index is 1310. The van der Waals surface area contributed by atoms with Crippen LogP contribution in [0.5, 0.6) is 0 Å². The van der Waals surface area contributed by atoms with E-state index in [1.807, 2.05) is 45.0 Å². The highest BCUT2D eigenvalue weighted by Crippen LogP contribution is 2.20. The molecule has 14 heteroatoms. The molecule has 6 atom stereocenters. The number of hydroxylamine groups is 1. The number of aromatic amines is 1. The summed E-state index contributed by atoms with van der Waals surface area (Å²) in [7, 11) is 0. The summed E-state index contributed by atoms with van der Waals surface area (Å²) in [5, 5.41) is 20.2. The van der Waals surface area contributed by atoms with Crippen molar-refractivity contribution in [2.45, 2.75) is 84.5 Å². The maximum Gasteiger partial charge on any atom is 0.245 e. The maximum absolute atomic E-state index is 13.7. The van der Waals surface area contributed by atoms with E-state index >= 15 is 0 Å². The van der Waals surface area contributed by atoms with Crippen molar-refractivity contribution in [1.82, 2.24) is 31.7 Å². The number of nitrogens with two attached hydrogens (primary N) is 1. The number of para-hydroxylation sites is 1. The van der Waals surface area contributed by atoms with Gasteiger partial charge in [0.1, 0.15) is 24.2 Å². The predicted molar refractivity (Wildman–Crippen MR) is 158 cm³/mol. The van der Waals surface area contributed by atoms with Gasteiger partial charge in [0.2, 0.25) is 35.4 Å². The Kier molecular flexibility index (Phi) is 13.1. The molecule has 0 bridgehead atoms. The average Bonchev–Trinajstić information content (AvgIpc) is 3.39. The van der Waals surface area contributed by atoms with Gasteiger partial charge >= 0.3 is 0 Å². The van der Waals surface area contributed by atoms with E-state index in [4.69, 9.17) is 10.9 Å². The minimum atomic E-state index is -1.47. The number of primary amides is 1. The van der Waals surface area contributed by atoms with E-state index < -0.39 is 60.1 Å². The number of hydrogen-bond acceptors (Lipinski definition) is 7. The van der Waals surface area contributed by atoms with Crippen molar-refractivity contribution in [1.29, 1.82) is 0 Å². The Morgan fingerprint density at radius 2 is 1.40 bits per heavy atom. The highest BCUT2D eigenvalue weighted by atomic mass is 16.5. The van der Waals surface area contributed by atoms with Crippen LogP contribution in [0.4, 0.5) is 0 Å². The highest BCUT2D eigenvalue weighted by molar-refractivity contribution is 5.97. The fourth-order valence-electron chi connectivity index (χ4n) is 4.58. The zero-order chi connectivity index (χ0) is 32.3. The summed E-state index contributed by atoms with van der Waals surface area (Å²) in [6.07, 6.45) is 2.16. The third kappa shape index (κ3) is 9.81. The molecule has 14 nitrogen and oxygen atoms in total. The van der Waals surface area contributed by atoms with Gasteiger partial charge in [0.05, 0.1) is 6.42 Å². The van der Waals surface area contributed by atoms with Gasteiger partial charge in [-0.1, -0.05) is 58.7 Å². The van der Waals surface area contributed by atoms with Crippen molar-refractivity contribution in [3.63, 3.8) is 0 Å². The van der Waals surface area contributed by atoms with Crippen LogP contribution >= 0.6 is 0 Å². The third-order valence-corrected chi connectivity index (χ3v) is 7.55. The Morgan fingerprint density at radius 3 is 1.95 bits per heavy atom. The van der Waals surface area contributed by atoms with E-state index in [-0.39, 0.29) is 24.2 Å². The minimum Gasteiger partial charge on any atom is -0.368 e. The van der Waals surface area contributed by atoms with Gasteiger partial charge in [0.25, 0.3) is 0 Å². The topological polar surface area (TPSA) is 225 Å². The van der Waals surface area contributed by atoms with Crippen LogP contribution in [0, 0.1) is 11.8 Å². The number of nitrogens with one attached hydrogen (secondary N) is 6. The summed E-state index contributed by atoms with van der Waals surface area (Å²) in [6.45, 7) is 8.61. The zero-order valence-electron chi connectivity index (χ0n) is 25.2. The summed E-state index contributed by atoms with van der Waals surface area (Å²) < 4.78 is 0. The lowest BCUT2D eigenvalue weighted by molar-refractivity contribution is -0.136. The molecule has 0 aliphatic heterocycles. The molecule has 0 spiro atoms. The van der Waals surface area contributed by atoms with E-state index in [0.717, 1.165) is 10.9 Å². The van der Waals surface area contributed by atoms with Crippen LogP contribution < -0.4 is 32.5 Å². The Labute approximate surface area is 250 Å². The zero-order valence-corrected chi connectivity index (χ0v) is 25.2. The van der Waals surface area contributed by atoms with Crippen LogP contribution in [0.1, 0.15) is 59.4 Å². The van der Waals surface area contributed by atoms with Gasteiger partial charge in [-0.05, 0) is 23.5 Å². The monoisotopic (exact) mass is 601 g/mol. The highest BCUT2D eigenvalue weighted by Gasteiger charge is 2.34. The second kappa shape index (κ2) is 16.2. The van der Waals surface area contributed by atoms with E-state index in [1.54, 1.807) is 13.1 Å². The number of rotatable bonds is 16. The van der Waals surface area contributed by atoms with E-state index in [1.165, 1.54) is 12.4 Å². The molecule has 0 fully saturated rings. The lowest BCUT2D eigenvalue weighted by Crippen LogP contribution is -2.60. The Balaban J connectivity index is 2.40. The first-order chi connectivity index (χ1) is 20.3. The molecular weight excluding hydrogens is 558 g/mol. The van der Waals surface area contributed by atoms with Crippen LogP contribution in [-0.4, -0.2) is 69.8 Å². The number of H-pyrrole nitrogens is 1. The number of carbonyl (C=O) groups is 6. The van der Waals surface area contributed by atoms with Crippen LogP contribution in [0.3, 0.4) is 0 Å². The van der Waals surface area contributed by atoms with Crippen molar-refractivity contribution < 1.29 is 34.0 Å². The van der Waals surface area contributed by atoms with Crippen LogP contribution in [-0.2, 0) is 35.2 Å². The fraction of sp³-hybridized carbons (Fsp3) is 0.517. The number of aromatic nitrogens is 1. The van der Waals surface area contributed by atoms with Crippen molar-refractivity contribution in [3.05, 3.63) is 36.0 Å². The lowest BCUT2D eigenvalue weighted by atomic mass is 9.94. The molecule has 0 aliphatic carbocycles. The molecule has 2 aromatic rings. The minimum absolute atomic E-state index is 0.0121. The van der Waals surface area contributed by atoms with E-state index in [0.29, 0.717) is 18.4 Å². The molecule has 0 unspecified atom stereocenters. The Hall–Kier alpha value is -4.46. The molecule has 0 saturated heterocycles. The van der Waals surface area contributed by atoms with Crippen molar-refractivity contribution in [2.75, 3.05) is 0 Å². The molecule has 1 heterocycles. The van der Waals surface area contributed by atoms with Gasteiger partial charge in [-0.3, -0.25) is 34.0 Å². The van der Waals surface area contributed by atoms with Crippen LogP contribution in [0.25, 0.3) is 10.9 Å². The number of amides is 6. The van der Waals surface area contributed by atoms with Gasteiger partial charge in [-0.2, -0.15) is 0 Å². The summed E-state index contributed by atoms with van der Waals surface area (Å²) in [5.41, 5.74) is 8.25. The Morgan fingerprint density at radius 1 is 0.837 bits per heavy atom. The number of hydrogen-bond donors (Lipinski definition) is 8. The van der Waals surface area contributed by atoms with Crippen molar-refractivity contribution in [3.8, 4) is 0 Å². The first-order valence-electron chi connectivity index (χ1n) is 14.3. The molecule has 0 radical (unpaired) electrons. The SMILES string of the molecule is CC[C@H](C)[C@H](NC(C)=O)C(=O)N[C@H](C(=O)N[C@@H](Cc1c[nH]c2ccccc12)C(=O)N[C@@H](CC(=O)NO)C(N)=O)[C@@H](C)CC. The standard InChI is InChI=1S/C29H43N7O7/c1-6-15(3)24(32-17(5)37)29(42)35-25(16(4)7-2)28(41)34-22(12-18-14-31-20-11-9-8-10-19(18)20)27(40)33-21(26(30)39)13-23(38)36-43/h8-11,14-16,21-22,24-25,31,43H,6-7,12-13H2,1-5H3,(H2,30,39)(H,32,37)(H,33,40)(H,34,41)(H,35,42)(H,36,38)/t15-,16-,21-,22-,24-,25-/m0/s1. The molecule has 43 heavy (non-hydrogen) atoms. The molecule has 0 saturated carbocycles. The number of fused-ring (bicyclic) bond motifs is 1. The molecular formula is C29H43N7O7. The molecule has 0 aliphatic rings. The quantitative estimate of drug-likeness (QED) is 0.0980. The lowest BCUT2D eigenvalue weighted by Gasteiger charge is -2.30. The summed E-state index contributed by atoms with van der Waals surface area (Å²) in [6, 6.07) is 2.68. The first-order valence-corrected chi connectivity index (χ1v) is 14.3. The van der Waals surface area contributed by atoms with Gasteiger partial charge in [-0.15, -0.1) is 0 Å². The van der Waals surface area contributed by atoms with E-state index in [9.17, 15) is 28.8 Å². The normalized spacial score (nSPS) is 15.2. The van der Waals surface area contributed by atoms with E-state index in [2.05, 4.69) is 26.3 Å². The second-order valence-electron chi connectivity index (χ2n) is 10.8. The fourth-order valence-corrected chi connectivity index (χ4v) is 4.58. The van der Waals surface area contributed by atoms with Gasteiger partial charge in [0.15, 0.2) is 0 Å². The second-order valence-corrected chi connectivity index (χ2v) is 10.8. The molecule has 1 aromatic carbocycles. The summed E-state index contributed by atoms with van der Waals surface area (Å²) >= 11 is 0. The van der Waals surface area contributed by atoms with Gasteiger partial charge in [0, 0.05) is 30.4 Å². The van der Waals surface area contributed by atoms with Crippen molar-refractivity contribution >= 4 is 46.3 Å². The van der Waals surface area contributed by atoms with Gasteiger partial charge in [-0.25, -0.2) is 5.48 Å². The van der Waals surface area contributed by atoms with Crippen molar-refractivity contribution in [2.24, 2.45) is 17.6 Å². The van der Waals surface area contributed by atoms with Crippen LogP contribution in [0.15, 0.2) is 30.5 Å². The predicted octanol–water partition coefficient (Wildman–Crippen LogP) is 0.143. The third-order valence-electron chi connectivity index (χ3n) is 7.55. The smallest absolute Gasteiger partial charge is 0.245 e. The number of benzene rings is 1.